The number of likely N-dealkylation sites (N-methyl/N-ethyl adjacent to an activating group) is 1. The largest absolute Gasteiger partial charge is 0.342 e. The highest BCUT2D eigenvalue weighted by Crippen LogP contribution is 2.26. The van der Waals surface area contributed by atoms with Gasteiger partial charge in [0.25, 0.3) is 0 Å². The average Bonchev–Trinajstić information content (AvgIpc) is 3.04. The van der Waals surface area contributed by atoms with Gasteiger partial charge in [0.2, 0.25) is 5.91 Å². The number of carbonyl (C=O) groups excluding carboxylic acids is 1. The van der Waals surface area contributed by atoms with E-state index in [9.17, 15) is 4.79 Å². The quantitative estimate of drug-likeness (QED) is 0.811. The Hall–Kier alpha value is -0.320. The van der Waals surface area contributed by atoms with Crippen molar-refractivity contribution >= 4 is 18.3 Å². The van der Waals surface area contributed by atoms with Crippen LogP contribution < -0.4 is 5.73 Å². The Morgan fingerprint density at radius 3 is 2.59 bits per heavy atom. The second-order valence-corrected chi connectivity index (χ2v) is 5.35. The van der Waals surface area contributed by atoms with E-state index in [2.05, 4.69) is 11.8 Å². The molecule has 17 heavy (non-hydrogen) atoms. The molecule has 0 spiro atoms. The third kappa shape index (κ3) is 3.57. The van der Waals surface area contributed by atoms with Crippen molar-refractivity contribution in [2.75, 3.05) is 26.7 Å². The molecule has 1 amide bonds. The number of nitrogens with zero attached hydrogens (tertiary/aromatic N) is 2. The first kappa shape index (κ1) is 14.7. The molecule has 5 heteroatoms. The molecule has 1 aliphatic carbocycles. The summed E-state index contributed by atoms with van der Waals surface area (Å²) in [4.78, 5) is 16.2. The summed E-state index contributed by atoms with van der Waals surface area (Å²) in [6.07, 6.45) is 3.50. The van der Waals surface area contributed by atoms with E-state index in [-0.39, 0.29) is 18.3 Å². The lowest BCUT2D eigenvalue weighted by molar-refractivity contribution is -0.131. The number of carbonyl (C=O) groups is 1. The van der Waals surface area contributed by atoms with Gasteiger partial charge in [-0.1, -0.05) is 0 Å². The van der Waals surface area contributed by atoms with Gasteiger partial charge in [-0.25, -0.2) is 0 Å². The smallest absolute Gasteiger partial charge is 0.236 e. The van der Waals surface area contributed by atoms with Crippen molar-refractivity contribution in [3.05, 3.63) is 0 Å². The van der Waals surface area contributed by atoms with Gasteiger partial charge in [-0.3, -0.25) is 9.69 Å². The molecule has 4 nitrogen and oxygen atoms in total. The fraction of sp³-hybridized carbons (Fsp3) is 0.917. The van der Waals surface area contributed by atoms with Crippen molar-refractivity contribution in [2.45, 2.75) is 38.3 Å². The standard InChI is InChI=1S/C12H23N3O.ClH/c1-9-5-10(6-13)7-15(9)8-12(16)14(2)11-3-4-11;/h9-11H,3-8,13H2,1-2H3;1H. The first-order valence-corrected chi connectivity index (χ1v) is 6.31. The lowest BCUT2D eigenvalue weighted by Crippen LogP contribution is -2.41. The molecule has 0 radical (unpaired) electrons. The number of hydrogen-bond acceptors (Lipinski definition) is 3. The molecule has 0 aromatic rings. The molecule has 1 saturated carbocycles. The number of likely N-dealkylation sites (tertiary alicyclic amines) is 1. The Balaban J connectivity index is 0.00000144. The molecule has 2 unspecified atom stereocenters. The molecule has 2 fully saturated rings. The molecule has 2 N–H and O–H groups in total. The van der Waals surface area contributed by atoms with Crippen LogP contribution in [0.25, 0.3) is 0 Å². The van der Waals surface area contributed by atoms with E-state index < -0.39 is 0 Å². The molecule has 1 aliphatic heterocycles. The highest BCUT2D eigenvalue weighted by Gasteiger charge is 2.33. The summed E-state index contributed by atoms with van der Waals surface area (Å²) >= 11 is 0. The number of nitrogens with two attached hydrogens (primary N) is 1. The van der Waals surface area contributed by atoms with Gasteiger partial charge < -0.3 is 10.6 Å². The van der Waals surface area contributed by atoms with Crippen molar-refractivity contribution in [1.82, 2.24) is 9.80 Å². The van der Waals surface area contributed by atoms with Crippen molar-refractivity contribution in [3.63, 3.8) is 0 Å². The van der Waals surface area contributed by atoms with Crippen LogP contribution in [0.2, 0.25) is 0 Å². The highest BCUT2D eigenvalue weighted by molar-refractivity contribution is 5.85. The van der Waals surface area contributed by atoms with E-state index in [1.54, 1.807) is 0 Å². The first-order valence-electron chi connectivity index (χ1n) is 6.31. The van der Waals surface area contributed by atoms with Crippen LogP contribution in [-0.2, 0) is 4.79 Å². The zero-order valence-electron chi connectivity index (χ0n) is 10.8. The van der Waals surface area contributed by atoms with Crippen molar-refractivity contribution in [1.29, 1.82) is 0 Å². The predicted octanol–water partition coefficient (Wildman–Crippen LogP) is 0.698. The zero-order valence-corrected chi connectivity index (χ0v) is 11.6. The van der Waals surface area contributed by atoms with Gasteiger partial charge in [0.1, 0.15) is 0 Å². The van der Waals surface area contributed by atoms with Crippen LogP contribution in [-0.4, -0.2) is 54.5 Å². The summed E-state index contributed by atoms with van der Waals surface area (Å²) < 4.78 is 0. The molecule has 100 valence electrons. The molecular weight excluding hydrogens is 238 g/mol. The maximum atomic E-state index is 12.0. The molecular formula is C12H24ClN3O. The Bertz CT molecular complexity index is 270. The van der Waals surface area contributed by atoms with Crippen molar-refractivity contribution < 1.29 is 4.79 Å². The van der Waals surface area contributed by atoms with Gasteiger partial charge in [0.05, 0.1) is 6.54 Å². The maximum absolute atomic E-state index is 12.0. The lowest BCUT2D eigenvalue weighted by atomic mass is 10.1. The Morgan fingerprint density at radius 2 is 2.12 bits per heavy atom. The van der Waals surface area contributed by atoms with Crippen LogP contribution in [0.15, 0.2) is 0 Å². The van der Waals surface area contributed by atoms with Gasteiger partial charge in [-0.05, 0) is 38.6 Å². The molecule has 2 rings (SSSR count). The number of amides is 1. The molecule has 2 atom stereocenters. The summed E-state index contributed by atoms with van der Waals surface area (Å²) in [5.74, 6) is 0.848. The van der Waals surface area contributed by atoms with E-state index in [1.165, 1.54) is 12.8 Å². The Kier molecular flexibility index (Phi) is 5.22. The number of rotatable bonds is 4. The van der Waals surface area contributed by atoms with Crippen LogP contribution in [0.1, 0.15) is 26.2 Å². The zero-order chi connectivity index (χ0) is 11.7. The minimum atomic E-state index is 0. The monoisotopic (exact) mass is 261 g/mol. The Morgan fingerprint density at radius 1 is 1.47 bits per heavy atom. The third-order valence-corrected chi connectivity index (χ3v) is 3.95. The predicted molar refractivity (Wildman–Crippen MR) is 71.2 cm³/mol. The van der Waals surface area contributed by atoms with Crippen LogP contribution >= 0.6 is 12.4 Å². The van der Waals surface area contributed by atoms with Gasteiger partial charge >= 0.3 is 0 Å². The minimum absolute atomic E-state index is 0. The summed E-state index contributed by atoms with van der Waals surface area (Å²) in [6.45, 7) is 4.50. The molecule has 1 saturated heterocycles. The molecule has 0 bridgehead atoms. The van der Waals surface area contributed by atoms with Crippen LogP contribution in [0.3, 0.4) is 0 Å². The number of hydrogen-bond donors (Lipinski definition) is 1. The average molecular weight is 262 g/mol. The third-order valence-electron chi connectivity index (χ3n) is 3.95. The van der Waals surface area contributed by atoms with Crippen molar-refractivity contribution in [3.8, 4) is 0 Å². The molecule has 0 aromatic heterocycles. The second-order valence-electron chi connectivity index (χ2n) is 5.35. The van der Waals surface area contributed by atoms with E-state index >= 15 is 0 Å². The van der Waals surface area contributed by atoms with E-state index in [1.807, 2.05) is 11.9 Å². The summed E-state index contributed by atoms with van der Waals surface area (Å²) in [5, 5.41) is 0. The van der Waals surface area contributed by atoms with Crippen LogP contribution in [0.5, 0.6) is 0 Å². The van der Waals surface area contributed by atoms with E-state index in [0.29, 0.717) is 24.5 Å². The van der Waals surface area contributed by atoms with E-state index in [0.717, 1.165) is 19.5 Å². The van der Waals surface area contributed by atoms with Gasteiger partial charge in [0, 0.05) is 25.7 Å². The van der Waals surface area contributed by atoms with Crippen LogP contribution in [0, 0.1) is 5.92 Å². The molecule has 1 heterocycles. The van der Waals surface area contributed by atoms with Crippen molar-refractivity contribution in [2.24, 2.45) is 11.7 Å². The lowest BCUT2D eigenvalue weighted by Gasteiger charge is -2.24. The fourth-order valence-corrected chi connectivity index (χ4v) is 2.56. The second kappa shape index (κ2) is 6.03. The van der Waals surface area contributed by atoms with Gasteiger partial charge in [-0.2, -0.15) is 0 Å². The normalized spacial score (nSPS) is 28.9. The fourth-order valence-electron chi connectivity index (χ4n) is 2.56. The Labute approximate surface area is 110 Å². The van der Waals surface area contributed by atoms with Gasteiger partial charge in [-0.15, -0.1) is 12.4 Å². The topological polar surface area (TPSA) is 49.6 Å². The van der Waals surface area contributed by atoms with Crippen LogP contribution in [0.4, 0.5) is 0 Å². The van der Waals surface area contributed by atoms with E-state index in [4.69, 9.17) is 5.73 Å². The highest BCUT2D eigenvalue weighted by atomic mass is 35.5. The molecule has 2 aliphatic rings. The number of halogens is 1. The first-order chi connectivity index (χ1) is 7.61. The SMILES string of the molecule is CC1CC(CN)CN1CC(=O)N(C)C1CC1.Cl. The summed E-state index contributed by atoms with van der Waals surface area (Å²) in [6, 6.07) is 1.03. The van der Waals surface area contributed by atoms with Gasteiger partial charge in [0.15, 0.2) is 0 Å². The summed E-state index contributed by atoms with van der Waals surface area (Å²) in [7, 11) is 1.93. The molecule has 0 aromatic carbocycles. The minimum Gasteiger partial charge on any atom is -0.342 e. The maximum Gasteiger partial charge on any atom is 0.236 e. The summed E-state index contributed by atoms with van der Waals surface area (Å²) in [5.41, 5.74) is 5.69.